The van der Waals surface area contributed by atoms with Crippen LogP contribution in [0.1, 0.15) is 30.6 Å². The maximum absolute atomic E-state index is 12.6. The molecule has 8 heteroatoms. The van der Waals surface area contributed by atoms with Crippen molar-refractivity contribution in [2.75, 3.05) is 6.54 Å². The Morgan fingerprint density at radius 2 is 2.12 bits per heavy atom. The predicted octanol–water partition coefficient (Wildman–Crippen LogP) is 0.0803. The van der Waals surface area contributed by atoms with Crippen LogP contribution in [0.25, 0.3) is 5.52 Å². The molecule has 3 rings (SSSR count). The van der Waals surface area contributed by atoms with Gasteiger partial charge in [-0.05, 0) is 36.0 Å². The van der Waals surface area contributed by atoms with Gasteiger partial charge >= 0.3 is 11.8 Å². The van der Waals surface area contributed by atoms with E-state index in [1.54, 1.807) is 35.1 Å². The molecule has 2 aromatic rings. The van der Waals surface area contributed by atoms with Gasteiger partial charge in [-0.3, -0.25) is 14.4 Å². The summed E-state index contributed by atoms with van der Waals surface area (Å²) in [4.78, 5) is 34.7. The maximum Gasteiger partial charge on any atom is 0.309 e. The molecule has 2 heterocycles. The van der Waals surface area contributed by atoms with Crippen LogP contribution < -0.4 is 16.4 Å². The van der Waals surface area contributed by atoms with Crippen LogP contribution in [0.3, 0.4) is 0 Å². The average Bonchev–Trinajstić information content (AvgIpc) is 3.05. The minimum Gasteiger partial charge on any atom is -0.361 e. The Morgan fingerprint density at radius 3 is 2.80 bits per heavy atom. The molecule has 132 valence electrons. The van der Waals surface area contributed by atoms with Crippen LogP contribution in [-0.2, 0) is 9.59 Å². The standard InChI is InChI=1S/C17H21N5O3/c1-17(2)10(9-19-16(25)14(18)23)8-13(17)21-15(24)11-4-3-7-22-12(11)5-6-20-22/h3-7,10,13H,8-9H2,1-2H3,(H2,18,23)(H,19,25)(H,21,24). The van der Waals surface area contributed by atoms with Gasteiger partial charge in [-0.1, -0.05) is 13.8 Å². The van der Waals surface area contributed by atoms with Crippen molar-refractivity contribution in [3.63, 3.8) is 0 Å². The van der Waals surface area contributed by atoms with Crippen LogP contribution in [0, 0.1) is 11.3 Å². The molecule has 0 aliphatic heterocycles. The van der Waals surface area contributed by atoms with Crippen molar-refractivity contribution >= 4 is 23.2 Å². The molecule has 4 N–H and O–H groups in total. The summed E-state index contributed by atoms with van der Waals surface area (Å²) < 4.78 is 1.66. The van der Waals surface area contributed by atoms with Crippen LogP contribution in [-0.4, -0.2) is 39.9 Å². The fourth-order valence-electron chi connectivity index (χ4n) is 3.29. The number of rotatable bonds is 4. The molecule has 0 radical (unpaired) electrons. The van der Waals surface area contributed by atoms with Gasteiger partial charge in [0.2, 0.25) is 0 Å². The lowest BCUT2D eigenvalue weighted by atomic mass is 9.58. The third-order valence-electron chi connectivity index (χ3n) is 5.19. The third-order valence-corrected chi connectivity index (χ3v) is 5.19. The number of carbonyl (C=O) groups is 3. The molecule has 0 spiro atoms. The number of fused-ring (bicyclic) bond motifs is 1. The summed E-state index contributed by atoms with van der Waals surface area (Å²) in [6, 6.07) is 5.33. The molecule has 25 heavy (non-hydrogen) atoms. The summed E-state index contributed by atoms with van der Waals surface area (Å²) in [5, 5.41) is 9.72. The minimum atomic E-state index is -0.990. The van der Waals surface area contributed by atoms with E-state index >= 15 is 0 Å². The summed E-state index contributed by atoms with van der Waals surface area (Å²) >= 11 is 0. The zero-order valence-electron chi connectivity index (χ0n) is 14.2. The van der Waals surface area contributed by atoms with Crippen molar-refractivity contribution in [3.05, 3.63) is 36.2 Å². The number of primary amides is 1. The molecule has 0 bridgehead atoms. The van der Waals surface area contributed by atoms with Crippen molar-refractivity contribution in [1.82, 2.24) is 20.2 Å². The summed E-state index contributed by atoms with van der Waals surface area (Å²) in [7, 11) is 0. The van der Waals surface area contributed by atoms with Crippen LogP contribution in [0.2, 0.25) is 0 Å². The van der Waals surface area contributed by atoms with Crippen molar-refractivity contribution in [2.45, 2.75) is 26.3 Å². The van der Waals surface area contributed by atoms with Gasteiger partial charge in [-0.25, -0.2) is 4.52 Å². The summed E-state index contributed by atoms with van der Waals surface area (Å²) in [5.41, 5.74) is 6.05. The zero-order chi connectivity index (χ0) is 18.2. The molecule has 8 nitrogen and oxygen atoms in total. The Morgan fingerprint density at radius 1 is 1.36 bits per heavy atom. The highest BCUT2D eigenvalue weighted by atomic mass is 16.2. The molecule has 3 amide bonds. The minimum absolute atomic E-state index is 0.0151. The van der Waals surface area contributed by atoms with E-state index in [1.165, 1.54) is 0 Å². The highest BCUT2D eigenvalue weighted by Crippen LogP contribution is 2.45. The van der Waals surface area contributed by atoms with Crippen molar-refractivity contribution in [1.29, 1.82) is 0 Å². The molecule has 1 saturated carbocycles. The van der Waals surface area contributed by atoms with Crippen molar-refractivity contribution in [2.24, 2.45) is 17.1 Å². The second-order valence-electron chi connectivity index (χ2n) is 6.94. The second kappa shape index (κ2) is 6.19. The van der Waals surface area contributed by atoms with E-state index in [1.807, 2.05) is 13.8 Å². The van der Waals surface area contributed by atoms with Crippen LogP contribution in [0.15, 0.2) is 30.6 Å². The Kier molecular flexibility index (Phi) is 4.20. The van der Waals surface area contributed by atoms with E-state index in [4.69, 9.17) is 5.73 Å². The SMILES string of the molecule is CC1(C)C(CNC(=O)C(N)=O)CC1NC(=O)c1cccn2nccc12. The Balaban J connectivity index is 1.63. The largest absolute Gasteiger partial charge is 0.361 e. The van der Waals surface area contributed by atoms with E-state index in [2.05, 4.69) is 15.7 Å². The summed E-state index contributed by atoms with van der Waals surface area (Å²) in [5.74, 6) is -1.76. The first-order chi connectivity index (χ1) is 11.8. The van der Waals surface area contributed by atoms with Crippen molar-refractivity contribution in [3.8, 4) is 0 Å². The van der Waals surface area contributed by atoms with E-state index in [0.29, 0.717) is 12.1 Å². The average molecular weight is 343 g/mol. The number of carbonyl (C=O) groups excluding carboxylic acids is 3. The fourth-order valence-corrected chi connectivity index (χ4v) is 3.29. The summed E-state index contributed by atoms with van der Waals surface area (Å²) in [6.45, 7) is 4.42. The molecular formula is C17H21N5O3. The topological polar surface area (TPSA) is 119 Å². The zero-order valence-corrected chi connectivity index (χ0v) is 14.2. The third kappa shape index (κ3) is 3.07. The first-order valence-electron chi connectivity index (χ1n) is 8.11. The second-order valence-corrected chi connectivity index (χ2v) is 6.94. The quantitative estimate of drug-likeness (QED) is 0.681. The van der Waals surface area contributed by atoms with Gasteiger partial charge in [0.1, 0.15) is 0 Å². The maximum atomic E-state index is 12.6. The number of pyridine rings is 1. The van der Waals surface area contributed by atoms with Gasteiger partial charge < -0.3 is 16.4 Å². The number of hydrogen-bond acceptors (Lipinski definition) is 4. The number of hydrogen-bond donors (Lipinski definition) is 3. The van der Waals surface area contributed by atoms with Crippen LogP contribution in [0.5, 0.6) is 0 Å². The molecule has 0 saturated heterocycles. The highest BCUT2D eigenvalue weighted by molar-refractivity contribution is 6.34. The van der Waals surface area contributed by atoms with E-state index in [-0.39, 0.29) is 23.3 Å². The Labute approximate surface area is 144 Å². The number of nitrogens with one attached hydrogen (secondary N) is 2. The van der Waals surface area contributed by atoms with Gasteiger partial charge in [0, 0.05) is 18.8 Å². The van der Waals surface area contributed by atoms with Gasteiger partial charge in [0.15, 0.2) is 0 Å². The molecule has 1 aliphatic carbocycles. The molecule has 1 aliphatic rings. The predicted molar refractivity (Wildman–Crippen MR) is 90.5 cm³/mol. The Hall–Kier alpha value is -2.90. The number of nitrogens with zero attached hydrogens (tertiary/aromatic N) is 2. The molecule has 0 aromatic carbocycles. The first-order valence-corrected chi connectivity index (χ1v) is 8.11. The first kappa shape index (κ1) is 16.9. The van der Waals surface area contributed by atoms with Gasteiger partial charge in [-0.15, -0.1) is 0 Å². The molecular weight excluding hydrogens is 322 g/mol. The normalized spacial score (nSPS) is 21.4. The lowest BCUT2D eigenvalue weighted by Gasteiger charge is -2.52. The van der Waals surface area contributed by atoms with Gasteiger partial charge in [-0.2, -0.15) is 5.10 Å². The van der Waals surface area contributed by atoms with Crippen LogP contribution >= 0.6 is 0 Å². The molecule has 2 unspecified atom stereocenters. The molecule has 1 fully saturated rings. The number of nitrogens with two attached hydrogens (primary N) is 1. The van der Waals surface area contributed by atoms with E-state index < -0.39 is 11.8 Å². The lowest BCUT2D eigenvalue weighted by molar-refractivity contribution is -0.137. The highest BCUT2D eigenvalue weighted by Gasteiger charge is 2.48. The smallest absolute Gasteiger partial charge is 0.309 e. The lowest BCUT2D eigenvalue weighted by Crippen LogP contribution is -2.61. The number of amides is 3. The van der Waals surface area contributed by atoms with Gasteiger partial charge in [0.25, 0.3) is 5.91 Å². The van der Waals surface area contributed by atoms with Gasteiger partial charge in [0.05, 0.1) is 17.3 Å². The van der Waals surface area contributed by atoms with E-state index in [9.17, 15) is 14.4 Å². The van der Waals surface area contributed by atoms with Crippen LogP contribution in [0.4, 0.5) is 0 Å². The number of aromatic nitrogens is 2. The monoisotopic (exact) mass is 343 g/mol. The van der Waals surface area contributed by atoms with E-state index in [0.717, 1.165) is 11.9 Å². The fraction of sp³-hybridized carbons (Fsp3) is 0.412. The Bertz CT molecular complexity index is 842. The summed E-state index contributed by atoms with van der Waals surface area (Å²) in [6.07, 6.45) is 4.16. The van der Waals surface area contributed by atoms with Crippen molar-refractivity contribution < 1.29 is 14.4 Å². The molecule has 2 aromatic heterocycles. The molecule has 2 atom stereocenters.